The summed E-state index contributed by atoms with van der Waals surface area (Å²) in [6, 6.07) is 7.55. The van der Waals surface area contributed by atoms with Crippen LogP contribution in [0, 0.1) is 0 Å². The SMILES string of the molecule is CN(C)[S+]([O-])c1ccc(B2OC(C)(C)C(C)(C)O2)cc1. The summed E-state index contributed by atoms with van der Waals surface area (Å²) in [5, 5.41) is 0. The normalized spacial score (nSPS) is 22.3. The predicted octanol–water partition coefficient (Wildman–Crippen LogP) is 1.57. The van der Waals surface area contributed by atoms with E-state index < -0.39 is 11.4 Å². The molecule has 0 aromatic heterocycles. The fourth-order valence-corrected chi connectivity index (χ4v) is 2.72. The standard InChI is InChI=1S/C14H22BNO3S/c1-13(2)14(3,4)19-15(18-13)11-7-9-12(10-8-11)20(17)16(5)6/h7-10H,1-6H3. The van der Waals surface area contributed by atoms with Gasteiger partial charge in [0.05, 0.1) is 22.6 Å². The Labute approximate surface area is 124 Å². The number of benzene rings is 1. The Morgan fingerprint density at radius 3 is 1.85 bits per heavy atom. The van der Waals surface area contributed by atoms with Crippen LogP contribution in [0.2, 0.25) is 0 Å². The van der Waals surface area contributed by atoms with Gasteiger partial charge in [-0.05, 0) is 45.3 Å². The van der Waals surface area contributed by atoms with Crippen molar-refractivity contribution in [3.05, 3.63) is 24.3 Å². The first kappa shape index (κ1) is 15.9. The number of hydrogen-bond acceptors (Lipinski definition) is 4. The van der Waals surface area contributed by atoms with Gasteiger partial charge >= 0.3 is 7.12 Å². The molecular weight excluding hydrogens is 273 g/mol. The highest BCUT2D eigenvalue weighted by Gasteiger charge is 2.51. The maximum Gasteiger partial charge on any atom is 0.494 e. The summed E-state index contributed by atoms with van der Waals surface area (Å²) in [6.45, 7) is 8.12. The molecule has 0 bridgehead atoms. The average Bonchev–Trinajstić information content (AvgIpc) is 2.57. The Bertz CT molecular complexity index is 460. The molecule has 0 aliphatic carbocycles. The lowest BCUT2D eigenvalue weighted by atomic mass is 9.79. The summed E-state index contributed by atoms with van der Waals surface area (Å²) in [7, 11) is 3.21. The van der Waals surface area contributed by atoms with Crippen molar-refractivity contribution >= 4 is 23.9 Å². The molecule has 2 rings (SSSR count). The molecule has 0 spiro atoms. The summed E-state index contributed by atoms with van der Waals surface area (Å²) < 4.78 is 25.6. The van der Waals surface area contributed by atoms with E-state index in [1.165, 1.54) is 0 Å². The van der Waals surface area contributed by atoms with Crippen LogP contribution in [0.1, 0.15) is 27.7 Å². The molecular formula is C14H22BNO3S. The minimum atomic E-state index is -1.12. The third-order valence-electron chi connectivity index (χ3n) is 3.94. The van der Waals surface area contributed by atoms with Crippen LogP contribution in [0.25, 0.3) is 0 Å². The molecule has 0 radical (unpaired) electrons. The van der Waals surface area contributed by atoms with E-state index in [4.69, 9.17) is 9.31 Å². The van der Waals surface area contributed by atoms with E-state index >= 15 is 0 Å². The second-order valence-electron chi connectivity index (χ2n) is 6.22. The van der Waals surface area contributed by atoms with Gasteiger partial charge in [-0.2, -0.15) is 0 Å². The third kappa shape index (κ3) is 2.90. The fraction of sp³-hybridized carbons (Fsp3) is 0.571. The molecule has 1 aliphatic heterocycles. The molecule has 0 amide bonds. The third-order valence-corrected chi connectivity index (χ3v) is 5.28. The van der Waals surface area contributed by atoms with Gasteiger partial charge in [0.2, 0.25) is 0 Å². The first-order chi connectivity index (χ1) is 9.14. The first-order valence-electron chi connectivity index (χ1n) is 6.69. The maximum absolute atomic E-state index is 12.0. The number of hydrogen-bond donors (Lipinski definition) is 0. The summed E-state index contributed by atoms with van der Waals surface area (Å²) in [6.07, 6.45) is 0. The molecule has 0 saturated carbocycles. The summed E-state index contributed by atoms with van der Waals surface area (Å²) in [5.41, 5.74) is 0.258. The molecule has 6 heteroatoms. The topological polar surface area (TPSA) is 44.8 Å². The highest BCUT2D eigenvalue weighted by molar-refractivity contribution is 7.89. The zero-order valence-corrected chi connectivity index (χ0v) is 13.8. The lowest BCUT2D eigenvalue weighted by Crippen LogP contribution is -2.41. The van der Waals surface area contributed by atoms with Crippen LogP contribution in [0.5, 0.6) is 0 Å². The van der Waals surface area contributed by atoms with Crippen molar-refractivity contribution in [2.75, 3.05) is 14.1 Å². The molecule has 1 saturated heterocycles. The van der Waals surface area contributed by atoms with E-state index in [1.807, 2.05) is 52.0 Å². The first-order valence-corrected chi connectivity index (χ1v) is 7.79. The number of rotatable bonds is 3. The van der Waals surface area contributed by atoms with E-state index in [1.54, 1.807) is 18.4 Å². The average molecular weight is 295 g/mol. The van der Waals surface area contributed by atoms with E-state index in [0.717, 1.165) is 10.4 Å². The maximum atomic E-state index is 12.0. The zero-order valence-electron chi connectivity index (χ0n) is 13.0. The van der Waals surface area contributed by atoms with E-state index in [9.17, 15) is 4.55 Å². The molecule has 1 aromatic carbocycles. The lowest BCUT2D eigenvalue weighted by molar-refractivity contribution is 0.00578. The Balaban J connectivity index is 2.16. The van der Waals surface area contributed by atoms with Gasteiger partial charge in [-0.3, -0.25) is 0 Å². The predicted molar refractivity (Wildman–Crippen MR) is 82.3 cm³/mol. The van der Waals surface area contributed by atoms with Gasteiger partial charge in [-0.1, -0.05) is 12.1 Å². The van der Waals surface area contributed by atoms with Crippen molar-refractivity contribution in [3.8, 4) is 0 Å². The van der Waals surface area contributed by atoms with Crippen LogP contribution in [0.3, 0.4) is 0 Å². The molecule has 1 heterocycles. The summed E-state index contributed by atoms with van der Waals surface area (Å²) in [5.74, 6) is 0. The van der Waals surface area contributed by atoms with Crippen molar-refractivity contribution in [2.45, 2.75) is 43.8 Å². The molecule has 1 aromatic rings. The van der Waals surface area contributed by atoms with Crippen LogP contribution in [0.4, 0.5) is 0 Å². The van der Waals surface area contributed by atoms with Crippen molar-refractivity contribution in [1.82, 2.24) is 4.31 Å². The van der Waals surface area contributed by atoms with E-state index in [-0.39, 0.29) is 18.3 Å². The van der Waals surface area contributed by atoms with Crippen LogP contribution in [-0.4, -0.2) is 41.3 Å². The quantitative estimate of drug-likeness (QED) is 0.627. The second kappa shape index (κ2) is 5.35. The molecule has 1 fully saturated rings. The van der Waals surface area contributed by atoms with Crippen molar-refractivity contribution < 1.29 is 13.9 Å². The van der Waals surface area contributed by atoms with Crippen LogP contribution in [-0.2, 0) is 20.7 Å². The lowest BCUT2D eigenvalue weighted by Gasteiger charge is -2.32. The fourth-order valence-electron chi connectivity index (χ4n) is 1.93. The molecule has 1 aliphatic rings. The largest absolute Gasteiger partial charge is 0.593 e. The van der Waals surface area contributed by atoms with E-state index in [2.05, 4.69) is 0 Å². The molecule has 0 N–H and O–H groups in total. The van der Waals surface area contributed by atoms with Crippen molar-refractivity contribution in [3.63, 3.8) is 0 Å². The minimum absolute atomic E-state index is 0.344. The Morgan fingerprint density at radius 2 is 1.45 bits per heavy atom. The Hall–Kier alpha value is -0.525. The van der Waals surface area contributed by atoms with Crippen LogP contribution in [0.15, 0.2) is 29.2 Å². The second-order valence-corrected chi connectivity index (χ2v) is 7.92. The highest BCUT2D eigenvalue weighted by Crippen LogP contribution is 2.36. The molecule has 4 nitrogen and oxygen atoms in total. The zero-order chi connectivity index (χ0) is 15.1. The van der Waals surface area contributed by atoms with Gasteiger partial charge in [-0.15, -0.1) is 4.31 Å². The molecule has 20 heavy (non-hydrogen) atoms. The summed E-state index contributed by atoms with van der Waals surface area (Å²) >= 11 is -1.12. The van der Waals surface area contributed by atoms with Gasteiger partial charge in [0, 0.05) is 14.1 Å². The Morgan fingerprint density at radius 1 is 1.00 bits per heavy atom. The van der Waals surface area contributed by atoms with Gasteiger partial charge in [0.1, 0.15) is 0 Å². The minimum Gasteiger partial charge on any atom is -0.593 e. The molecule has 1 atom stereocenters. The molecule has 1 unspecified atom stereocenters. The monoisotopic (exact) mass is 295 g/mol. The Kier molecular flexibility index (Phi) is 4.24. The van der Waals surface area contributed by atoms with Gasteiger partial charge in [-0.25, -0.2) is 0 Å². The molecule has 110 valence electrons. The smallest absolute Gasteiger partial charge is 0.494 e. The summed E-state index contributed by atoms with van der Waals surface area (Å²) in [4.78, 5) is 0.773. The van der Waals surface area contributed by atoms with Gasteiger partial charge in [0.25, 0.3) is 0 Å². The highest BCUT2D eigenvalue weighted by atomic mass is 32.2. The number of nitrogens with zero attached hydrogens (tertiary/aromatic N) is 1. The van der Waals surface area contributed by atoms with Crippen molar-refractivity contribution in [2.24, 2.45) is 0 Å². The van der Waals surface area contributed by atoms with Crippen LogP contribution >= 0.6 is 0 Å². The van der Waals surface area contributed by atoms with Crippen LogP contribution < -0.4 is 5.46 Å². The van der Waals surface area contributed by atoms with E-state index in [0.29, 0.717) is 0 Å². The van der Waals surface area contributed by atoms with Gasteiger partial charge in [0.15, 0.2) is 4.90 Å². The van der Waals surface area contributed by atoms with Crippen molar-refractivity contribution in [1.29, 1.82) is 0 Å². The van der Waals surface area contributed by atoms with Gasteiger partial charge < -0.3 is 13.9 Å².